The van der Waals surface area contributed by atoms with Crippen LogP contribution in [-0.4, -0.2) is 17.5 Å². The first-order valence-corrected chi connectivity index (χ1v) is 6.40. The van der Waals surface area contributed by atoms with Gasteiger partial charge in [-0.2, -0.15) is 0 Å². The summed E-state index contributed by atoms with van der Waals surface area (Å²) in [5, 5.41) is 11.7. The number of alkyl carbamates (subject to hydrolysis) is 1. The molecule has 1 amide bonds. The maximum atomic E-state index is 11.7. The number of ether oxygens (including phenoxy) is 1. The highest BCUT2D eigenvalue weighted by molar-refractivity contribution is 5.74. The lowest BCUT2D eigenvalue weighted by Gasteiger charge is -2.13. The van der Waals surface area contributed by atoms with Gasteiger partial charge in [-0.05, 0) is 23.3 Å². The van der Waals surface area contributed by atoms with Crippen LogP contribution < -0.4 is 5.32 Å². The highest BCUT2D eigenvalue weighted by Gasteiger charge is 2.14. The molecule has 0 aliphatic carbocycles. The van der Waals surface area contributed by atoms with Gasteiger partial charge in [0.1, 0.15) is 24.7 Å². The smallest absolute Gasteiger partial charge is 0.408 e. The Bertz CT molecular complexity index is 595. The van der Waals surface area contributed by atoms with Crippen LogP contribution in [0.25, 0.3) is 0 Å². The summed E-state index contributed by atoms with van der Waals surface area (Å²) in [6.07, 6.45) is -0.0695. The van der Waals surface area contributed by atoms with Gasteiger partial charge in [0.2, 0.25) is 0 Å². The van der Waals surface area contributed by atoms with Crippen LogP contribution in [0.1, 0.15) is 17.2 Å². The number of phenolic OH excluding ortho intramolecular Hbond substituents is 1. The summed E-state index contributed by atoms with van der Waals surface area (Å²) in [7, 11) is 0. The van der Waals surface area contributed by atoms with E-state index in [0.29, 0.717) is 11.8 Å². The monoisotopic (exact) mass is 285 g/mol. The number of amides is 1. The van der Waals surface area contributed by atoms with Crippen molar-refractivity contribution in [2.24, 2.45) is 0 Å². The van der Waals surface area contributed by atoms with Crippen LogP contribution in [0.3, 0.4) is 0 Å². The Morgan fingerprint density at radius 3 is 2.43 bits per heavy atom. The minimum Gasteiger partial charge on any atom is -0.508 e. The van der Waals surface area contributed by atoms with Gasteiger partial charge in [0.05, 0.1) is 0 Å². The van der Waals surface area contributed by atoms with Gasteiger partial charge in [0, 0.05) is 0 Å². The van der Waals surface area contributed by atoms with Crippen molar-refractivity contribution in [3.63, 3.8) is 0 Å². The van der Waals surface area contributed by atoms with Crippen LogP contribution >= 0.6 is 0 Å². The summed E-state index contributed by atoms with van der Waals surface area (Å²) in [6, 6.07) is 14.5. The van der Waals surface area contributed by atoms with E-state index < -0.39 is 12.1 Å². The second-order valence-electron chi connectivity index (χ2n) is 4.41. The van der Waals surface area contributed by atoms with Crippen molar-refractivity contribution >= 4 is 12.4 Å². The molecule has 1 atom stereocenters. The Balaban J connectivity index is 1.91. The average molecular weight is 285 g/mol. The molecule has 0 saturated heterocycles. The molecule has 0 aliphatic rings. The highest BCUT2D eigenvalue weighted by atomic mass is 16.5. The van der Waals surface area contributed by atoms with Gasteiger partial charge in [-0.15, -0.1) is 0 Å². The van der Waals surface area contributed by atoms with E-state index in [4.69, 9.17) is 4.74 Å². The van der Waals surface area contributed by atoms with Crippen molar-refractivity contribution in [2.45, 2.75) is 12.6 Å². The Morgan fingerprint density at radius 1 is 1.14 bits per heavy atom. The number of hydrogen-bond acceptors (Lipinski definition) is 4. The van der Waals surface area contributed by atoms with Crippen LogP contribution in [0.4, 0.5) is 4.79 Å². The predicted octanol–water partition coefficient (Wildman–Crippen LogP) is 2.56. The zero-order valence-electron chi connectivity index (χ0n) is 11.2. The van der Waals surface area contributed by atoms with Gasteiger partial charge in [-0.3, -0.25) is 0 Å². The van der Waals surface area contributed by atoms with Gasteiger partial charge in [-0.1, -0.05) is 42.5 Å². The molecule has 0 bridgehead atoms. The fourth-order valence-electron chi connectivity index (χ4n) is 1.77. The molecule has 2 aromatic carbocycles. The number of carbonyl (C=O) groups excluding carboxylic acids is 2. The lowest BCUT2D eigenvalue weighted by Crippen LogP contribution is -2.29. The minimum atomic E-state index is -0.811. The molecule has 0 saturated carbocycles. The van der Waals surface area contributed by atoms with Crippen molar-refractivity contribution < 1.29 is 19.4 Å². The molecule has 1 unspecified atom stereocenters. The minimum absolute atomic E-state index is 0.0926. The molecule has 2 N–H and O–H groups in total. The number of aromatic hydroxyl groups is 1. The lowest BCUT2D eigenvalue weighted by molar-refractivity contribution is -0.109. The molecule has 0 fully saturated rings. The number of carbonyl (C=O) groups is 2. The maximum absolute atomic E-state index is 11.7. The zero-order valence-corrected chi connectivity index (χ0v) is 11.2. The molecule has 0 aliphatic heterocycles. The standard InChI is InChI=1S/C16H15NO4/c18-10-15(13-6-8-14(19)9-7-13)17-16(20)21-11-12-4-2-1-3-5-12/h1-10,15,19H,11H2,(H,17,20). The number of hydrogen-bond donors (Lipinski definition) is 2. The summed E-state index contributed by atoms with van der Waals surface area (Å²) < 4.78 is 5.05. The van der Waals surface area contributed by atoms with Gasteiger partial charge >= 0.3 is 6.09 Å². The number of rotatable bonds is 5. The van der Waals surface area contributed by atoms with Crippen molar-refractivity contribution in [3.8, 4) is 5.75 Å². The molecule has 5 heteroatoms. The van der Waals surface area contributed by atoms with E-state index in [9.17, 15) is 14.7 Å². The molecule has 0 heterocycles. The summed E-state index contributed by atoms with van der Waals surface area (Å²) in [6.45, 7) is 0.133. The molecular weight excluding hydrogens is 270 g/mol. The number of nitrogens with one attached hydrogen (secondary N) is 1. The third-order valence-corrected chi connectivity index (χ3v) is 2.87. The zero-order chi connectivity index (χ0) is 15.1. The summed E-state index contributed by atoms with van der Waals surface area (Å²) >= 11 is 0. The number of phenols is 1. The quantitative estimate of drug-likeness (QED) is 0.828. The normalized spacial score (nSPS) is 11.4. The first-order valence-electron chi connectivity index (χ1n) is 6.40. The van der Waals surface area contributed by atoms with E-state index in [1.54, 1.807) is 12.1 Å². The van der Waals surface area contributed by atoms with Crippen LogP contribution in [0.15, 0.2) is 54.6 Å². The third kappa shape index (κ3) is 4.35. The van der Waals surface area contributed by atoms with Crippen LogP contribution in [0.2, 0.25) is 0 Å². The van der Waals surface area contributed by atoms with Crippen LogP contribution in [0, 0.1) is 0 Å². The van der Waals surface area contributed by atoms with Crippen molar-refractivity contribution in [3.05, 3.63) is 65.7 Å². The highest BCUT2D eigenvalue weighted by Crippen LogP contribution is 2.15. The van der Waals surface area contributed by atoms with E-state index in [1.165, 1.54) is 12.1 Å². The molecule has 0 spiro atoms. The van der Waals surface area contributed by atoms with Gasteiger partial charge in [-0.25, -0.2) is 4.79 Å². The van der Waals surface area contributed by atoms with Gasteiger partial charge in [0.15, 0.2) is 0 Å². The van der Waals surface area contributed by atoms with Crippen LogP contribution in [-0.2, 0) is 16.1 Å². The summed E-state index contributed by atoms with van der Waals surface area (Å²) in [5.41, 5.74) is 1.43. The molecule has 21 heavy (non-hydrogen) atoms. The predicted molar refractivity (Wildman–Crippen MR) is 76.7 cm³/mol. The fourth-order valence-corrected chi connectivity index (χ4v) is 1.77. The second kappa shape index (κ2) is 7.09. The van der Waals surface area contributed by atoms with E-state index in [1.807, 2.05) is 30.3 Å². The number of benzene rings is 2. The first-order chi connectivity index (χ1) is 10.2. The first kappa shape index (κ1) is 14.6. The molecule has 2 rings (SSSR count). The molecular formula is C16H15NO4. The topological polar surface area (TPSA) is 75.6 Å². The Morgan fingerprint density at radius 2 is 1.81 bits per heavy atom. The lowest BCUT2D eigenvalue weighted by atomic mass is 10.1. The SMILES string of the molecule is O=CC(NC(=O)OCc1ccccc1)c1ccc(O)cc1. The van der Waals surface area contributed by atoms with Crippen molar-refractivity contribution in [1.29, 1.82) is 0 Å². The summed E-state index contributed by atoms with van der Waals surface area (Å²) in [4.78, 5) is 22.8. The molecule has 2 aromatic rings. The Hall–Kier alpha value is -2.82. The maximum Gasteiger partial charge on any atom is 0.408 e. The van der Waals surface area contributed by atoms with E-state index >= 15 is 0 Å². The second-order valence-corrected chi connectivity index (χ2v) is 4.41. The van der Waals surface area contributed by atoms with E-state index in [0.717, 1.165) is 5.56 Å². The van der Waals surface area contributed by atoms with Crippen molar-refractivity contribution in [1.82, 2.24) is 5.32 Å². The van der Waals surface area contributed by atoms with Gasteiger partial charge in [0.25, 0.3) is 0 Å². The van der Waals surface area contributed by atoms with Gasteiger partial charge < -0.3 is 20.0 Å². The van der Waals surface area contributed by atoms with E-state index in [2.05, 4.69) is 5.32 Å². The summed E-state index contributed by atoms with van der Waals surface area (Å²) in [5.74, 6) is 0.0926. The third-order valence-electron chi connectivity index (χ3n) is 2.87. The largest absolute Gasteiger partial charge is 0.508 e. The molecule has 0 radical (unpaired) electrons. The Labute approximate surface area is 122 Å². The molecule has 108 valence electrons. The number of aldehydes is 1. The van der Waals surface area contributed by atoms with Crippen molar-refractivity contribution in [2.75, 3.05) is 0 Å². The van der Waals surface area contributed by atoms with Crippen LogP contribution in [0.5, 0.6) is 5.75 Å². The molecule has 0 aromatic heterocycles. The van der Waals surface area contributed by atoms with E-state index in [-0.39, 0.29) is 12.4 Å². The molecule has 5 nitrogen and oxygen atoms in total. The fraction of sp³-hybridized carbons (Fsp3) is 0.125. The average Bonchev–Trinajstić information content (AvgIpc) is 2.52. The Kier molecular flexibility index (Phi) is 4.93.